The molecule has 1 amide bonds. The molecule has 24 heavy (non-hydrogen) atoms. The van der Waals surface area contributed by atoms with E-state index in [1.165, 1.54) is 17.8 Å². The van der Waals surface area contributed by atoms with Crippen LogP contribution in [0.25, 0.3) is 0 Å². The van der Waals surface area contributed by atoms with Crippen molar-refractivity contribution in [3.63, 3.8) is 0 Å². The molecule has 3 atom stereocenters. The Labute approximate surface area is 139 Å². The van der Waals surface area contributed by atoms with Crippen LogP contribution >= 0.6 is 0 Å². The van der Waals surface area contributed by atoms with Crippen LogP contribution in [0.1, 0.15) is 49.6 Å². The summed E-state index contributed by atoms with van der Waals surface area (Å²) in [5.41, 5.74) is 5.41. The Hall–Kier alpha value is -2.50. The number of imidazole rings is 1. The van der Waals surface area contributed by atoms with E-state index < -0.39 is 24.5 Å². The molecule has 8 nitrogen and oxygen atoms in total. The Morgan fingerprint density at radius 3 is 2.83 bits per heavy atom. The highest BCUT2D eigenvalue weighted by atomic mass is 16.6. The number of nitrogens with two attached hydrogens (primary N) is 1. The molecule has 2 rings (SSSR count). The third-order valence-electron chi connectivity index (χ3n) is 3.95. The Morgan fingerprint density at radius 1 is 1.67 bits per heavy atom. The van der Waals surface area contributed by atoms with Crippen LogP contribution in [-0.4, -0.2) is 38.1 Å². The van der Waals surface area contributed by atoms with Gasteiger partial charge in [0, 0.05) is 13.3 Å². The highest BCUT2D eigenvalue weighted by Gasteiger charge is 2.40. The number of hydrogen-bond acceptors (Lipinski definition) is 6. The molecule has 1 aliphatic heterocycles. The van der Waals surface area contributed by atoms with Crippen molar-refractivity contribution in [3.05, 3.63) is 29.2 Å². The standard InChI is InChI=1S/C16H21N3O5/c1-5-10-12(14(17)21)18-8-19(10)15-9(3)13(11(7-20)23-15)24-16(4,22)6-2/h1,8-9,15,20,22H,6-7H2,2-4H3,(H2,17,21)/t9?,15-,16?/m1/s1. The van der Waals surface area contributed by atoms with Crippen LogP contribution in [0.2, 0.25) is 0 Å². The molecular formula is C16H21N3O5. The van der Waals surface area contributed by atoms with E-state index in [4.69, 9.17) is 21.6 Å². The van der Waals surface area contributed by atoms with E-state index in [0.29, 0.717) is 12.2 Å². The minimum absolute atomic E-state index is 0.0335. The summed E-state index contributed by atoms with van der Waals surface area (Å²) in [5.74, 6) is 0.374. The summed E-state index contributed by atoms with van der Waals surface area (Å²) >= 11 is 0. The molecule has 0 aromatic carbocycles. The molecule has 1 aromatic heterocycles. The molecule has 130 valence electrons. The van der Waals surface area contributed by atoms with Gasteiger partial charge in [-0.1, -0.05) is 6.92 Å². The largest absolute Gasteiger partial charge is 0.468 e. The van der Waals surface area contributed by atoms with E-state index in [0.717, 1.165) is 0 Å². The van der Waals surface area contributed by atoms with Crippen LogP contribution < -0.4 is 5.73 Å². The van der Waals surface area contributed by atoms with Crippen LogP contribution in [0.4, 0.5) is 0 Å². The van der Waals surface area contributed by atoms with Crippen molar-refractivity contribution in [1.82, 2.24) is 9.55 Å². The monoisotopic (exact) mass is 335 g/mol. The second-order valence-corrected chi connectivity index (χ2v) is 5.73. The fourth-order valence-corrected chi connectivity index (χ4v) is 2.44. The topological polar surface area (TPSA) is 120 Å². The van der Waals surface area contributed by atoms with Gasteiger partial charge in [0.1, 0.15) is 18.1 Å². The Morgan fingerprint density at radius 2 is 2.33 bits per heavy atom. The van der Waals surface area contributed by atoms with E-state index in [9.17, 15) is 15.0 Å². The number of ether oxygens (including phenoxy) is 2. The number of hydrogen-bond donors (Lipinski definition) is 3. The maximum Gasteiger partial charge on any atom is 0.270 e. The molecular weight excluding hydrogens is 314 g/mol. The average Bonchev–Trinajstić information content (AvgIpc) is 3.09. The van der Waals surface area contributed by atoms with Gasteiger partial charge >= 0.3 is 0 Å². The predicted molar refractivity (Wildman–Crippen MR) is 84.1 cm³/mol. The first-order chi connectivity index (χ1) is 11.3. The average molecular weight is 335 g/mol. The molecule has 8 heteroatoms. The highest BCUT2D eigenvalue weighted by Crippen LogP contribution is 2.40. The fraction of sp³-hybridized carbons (Fsp3) is 0.500. The fourth-order valence-electron chi connectivity index (χ4n) is 2.44. The lowest BCUT2D eigenvalue weighted by Crippen LogP contribution is -2.29. The SMILES string of the molecule is C#Cc1c(C(N)=O)ncn1[C@@H]1OC(CO)=C(OC(C)(O)CC)C1C. The lowest BCUT2D eigenvalue weighted by atomic mass is 10.1. The maximum absolute atomic E-state index is 11.4. The number of aliphatic hydroxyl groups excluding tert-OH is 1. The van der Waals surface area contributed by atoms with Crippen LogP contribution in [0, 0.1) is 18.3 Å². The van der Waals surface area contributed by atoms with E-state index in [1.807, 2.05) is 0 Å². The number of primary amides is 1. The van der Waals surface area contributed by atoms with E-state index >= 15 is 0 Å². The first-order valence-corrected chi connectivity index (χ1v) is 7.50. The smallest absolute Gasteiger partial charge is 0.270 e. The number of nitrogens with zero attached hydrogens (tertiary/aromatic N) is 2. The van der Waals surface area contributed by atoms with Crippen LogP contribution in [0.3, 0.4) is 0 Å². The normalized spacial score (nSPS) is 22.7. The van der Waals surface area contributed by atoms with E-state index in [1.54, 1.807) is 13.8 Å². The molecule has 0 aliphatic carbocycles. The second kappa shape index (κ2) is 6.55. The lowest BCUT2D eigenvalue weighted by molar-refractivity contribution is -0.170. The predicted octanol–water partition coefficient (Wildman–Crippen LogP) is 0.467. The summed E-state index contributed by atoms with van der Waals surface area (Å²) in [5, 5.41) is 19.7. The number of carbonyl (C=O) groups excluding carboxylic acids is 1. The van der Waals surface area contributed by atoms with Crippen molar-refractivity contribution in [2.75, 3.05) is 6.61 Å². The van der Waals surface area contributed by atoms with E-state index in [2.05, 4.69) is 10.9 Å². The Bertz CT molecular complexity index is 714. The zero-order valence-electron chi connectivity index (χ0n) is 13.8. The summed E-state index contributed by atoms with van der Waals surface area (Å²) in [6.45, 7) is 4.67. The van der Waals surface area contributed by atoms with Gasteiger partial charge in [-0.25, -0.2) is 4.98 Å². The van der Waals surface area contributed by atoms with E-state index in [-0.39, 0.29) is 23.1 Å². The number of carbonyl (C=O) groups is 1. The summed E-state index contributed by atoms with van der Waals surface area (Å²) in [6.07, 6.45) is 6.48. The molecule has 2 unspecified atom stereocenters. The van der Waals surface area contributed by atoms with Crippen molar-refractivity contribution in [2.45, 2.75) is 39.2 Å². The Balaban J connectivity index is 2.37. The van der Waals surface area contributed by atoms with Gasteiger partial charge in [0.15, 0.2) is 17.7 Å². The maximum atomic E-state index is 11.4. The number of terminal acetylenes is 1. The molecule has 0 saturated heterocycles. The number of amides is 1. The lowest BCUT2D eigenvalue weighted by Gasteiger charge is -2.26. The summed E-state index contributed by atoms with van der Waals surface area (Å²) in [4.78, 5) is 15.3. The highest BCUT2D eigenvalue weighted by molar-refractivity contribution is 5.93. The molecule has 0 bridgehead atoms. The molecule has 1 aromatic rings. The molecule has 0 fully saturated rings. The number of aromatic nitrogens is 2. The van der Waals surface area contributed by atoms with Gasteiger partial charge < -0.3 is 25.4 Å². The molecule has 4 N–H and O–H groups in total. The quantitative estimate of drug-likeness (QED) is 0.513. The first kappa shape index (κ1) is 17.8. The van der Waals surface area contributed by atoms with Crippen molar-refractivity contribution in [2.24, 2.45) is 11.7 Å². The van der Waals surface area contributed by atoms with Gasteiger partial charge in [-0.2, -0.15) is 0 Å². The summed E-state index contributed by atoms with van der Waals surface area (Å²) in [6, 6.07) is 0. The van der Waals surface area contributed by atoms with Gasteiger partial charge in [-0.3, -0.25) is 9.36 Å². The zero-order valence-corrected chi connectivity index (χ0v) is 13.8. The zero-order chi connectivity index (χ0) is 18.1. The minimum atomic E-state index is -1.40. The van der Waals surface area contributed by atoms with Crippen molar-refractivity contribution >= 4 is 5.91 Å². The number of aliphatic hydroxyl groups is 2. The molecule has 0 saturated carbocycles. The third kappa shape index (κ3) is 3.09. The van der Waals surface area contributed by atoms with Crippen LogP contribution in [-0.2, 0) is 9.47 Å². The van der Waals surface area contributed by atoms with Crippen molar-refractivity contribution < 1.29 is 24.5 Å². The first-order valence-electron chi connectivity index (χ1n) is 7.50. The van der Waals surface area contributed by atoms with Crippen molar-refractivity contribution in [3.8, 4) is 12.3 Å². The summed E-state index contributed by atoms with van der Waals surface area (Å²) in [7, 11) is 0. The van der Waals surface area contributed by atoms with Crippen LogP contribution in [0.15, 0.2) is 17.8 Å². The molecule has 2 heterocycles. The van der Waals surface area contributed by atoms with Crippen LogP contribution in [0.5, 0.6) is 0 Å². The second-order valence-electron chi connectivity index (χ2n) is 5.73. The van der Waals surface area contributed by atoms with Gasteiger partial charge in [-0.15, -0.1) is 6.42 Å². The number of rotatable bonds is 6. The molecule has 0 radical (unpaired) electrons. The third-order valence-corrected chi connectivity index (χ3v) is 3.95. The Kier molecular flexibility index (Phi) is 4.87. The molecule has 1 aliphatic rings. The van der Waals surface area contributed by atoms with Gasteiger partial charge in [0.2, 0.25) is 5.79 Å². The summed E-state index contributed by atoms with van der Waals surface area (Å²) < 4.78 is 12.8. The molecule has 0 spiro atoms. The van der Waals surface area contributed by atoms with Gasteiger partial charge in [-0.05, 0) is 12.8 Å². The van der Waals surface area contributed by atoms with Gasteiger partial charge in [0.05, 0.1) is 12.2 Å². The minimum Gasteiger partial charge on any atom is -0.468 e. The van der Waals surface area contributed by atoms with Gasteiger partial charge in [0.25, 0.3) is 5.91 Å². The van der Waals surface area contributed by atoms with Crippen molar-refractivity contribution in [1.29, 1.82) is 0 Å².